The minimum Gasteiger partial charge on any atom is -0.458 e. The first kappa shape index (κ1) is 27.5. The highest BCUT2D eigenvalue weighted by Gasteiger charge is 2.26. The molecule has 1 fully saturated rings. The number of aliphatic hydroxyl groups excluding tert-OH is 1. The fraction of sp³-hybridized carbons (Fsp3) is 0.226. The summed E-state index contributed by atoms with van der Waals surface area (Å²) in [6.07, 6.45) is 9.88. The second-order valence-corrected chi connectivity index (χ2v) is 9.04. The summed E-state index contributed by atoms with van der Waals surface area (Å²) >= 11 is 0. The molecular weight excluding hydrogens is 490 g/mol. The first-order valence-electron chi connectivity index (χ1n) is 12.8. The van der Waals surface area contributed by atoms with Crippen LogP contribution in [0.3, 0.4) is 0 Å². The van der Waals surface area contributed by atoms with Crippen molar-refractivity contribution >= 4 is 30.4 Å². The number of aliphatic imine (C=N–C) groups is 2. The van der Waals surface area contributed by atoms with Gasteiger partial charge in [-0.1, -0.05) is 72.8 Å². The summed E-state index contributed by atoms with van der Waals surface area (Å²) in [6, 6.07) is 19.8. The first-order valence-corrected chi connectivity index (χ1v) is 12.8. The Balaban J connectivity index is 1.93. The van der Waals surface area contributed by atoms with Crippen molar-refractivity contribution in [2.75, 3.05) is 7.05 Å². The summed E-state index contributed by atoms with van der Waals surface area (Å²) in [5, 5.41) is 18.3. The zero-order valence-corrected chi connectivity index (χ0v) is 22.4. The SMILES string of the molecule is C/C=C(\C)N/C=N/C(=C\C=NC)n1nc(-c2ccccc2)c(/C=C/[C@@H]2CC(O)CC(=O)O2)c1-c1ccccc1. The number of carbonyl (C=O) groups is 1. The van der Waals surface area contributed by atoms with Crippen LogP contribution in [0, 0.1) is 0 Å². The number of carbonyl (C=O) groups excluding carboxylic acids is 1. The van der Waals surface area contributed by atoms with Gasteiger partial charge in [0.1, 0.15) is 11.8 Å². The summed E-state index contributed by atoms with van der Waals surface area (Å²) in [4.78, 5) is 20.8. The molecule has 2 heterocycles. The van der Waals surface area contributed by atoms with Gasteiger partial charge >= 0.3 is 5.97 Å². The van der Waals surface area contributed by atoms with Gasteiger partial charge in [-0.05, 0) is 19.9 Å². The van der Waals surface area contributed by atoms with Crippen molar-refractivity contribution in [3.05, 3.63) is 90.2 Å². The van der Waals surface area contributed by atoms with E-state index in [0.29, 0.717) is 12.2 Å². The molecule has 0 saturated carbocycles. The largest absolute Gasteiger partial charge is 0.458 e. The molecule has 0 radical (unpaired) electrons. The Hall–Kier alpha value is -4.56. The number of allylic oxidation sites excluding steroid dienone is 3. The maximum Gasteiger partial charge on any atom is 0.309 e. The molecule has 0 amide bonds. The van der Waals surface area contributed by atoms with Gasteiger partial charge < -0.3 is 15.2 Å². The molecular formula is C31H33N5O3. The Kier molecular flexibility index (Phi) is 9.37. The second kappa shape index (κ2) is 13.3. The van der Waals surface area contributed by atoms with E-state index in [-0.39, 0.29) is 6.42 Å². The van der Waals surface area contributed by atoms with Crippen LogP contribution in [0.25, 0.3) is 34.4 Å². The maximum absolute atomic E-state index is 12.0. The molecule has 8 nitrogen and oxygen atoms in total. The fourth-order valence-electron chi connectivity index (χ4n) is 4.16. The third-order valence-corrected chi connectivity index (χ3v) is 6.20. The zero-order chi connectivity index (χ0) is 27.6. The number of hydrogen-bond donors (Lipinski definition) is 2. The van der Waals surface area contributed by atoms with Crippen molar-refractivity contribution in [1.82, 2.24) is 15.1 Å². The quantitative estimate of drug-likeness (QED) is 0.224. The first-order chi connectivity index (χ1) is 19.0. The third-order valence-electron chi connectivity index (χ3n) is 6.20. The van der Waals surface area contributed by atoms with Gasteiger partial charge in [-0.25, -0.2) is 9.67 Å². The van der Waals surface area contributed by atoms with Crippen LogP contribution >= 0.6 is 0 Å². The van der Waals surface area contributed by atoms with Gasteiger partial charge in [0.25, 0.3) is 0 Å². The summed E-state index contributed by atoms with van der Waals surface area (Å²) in [5.74, 6) is 0.139. The molecule has 0 aliphatic carbocycles. The average molecular weight is 524 g/mol. The van der Waals surface area contributed by atoms with E-state index in [9.17, 15) is 9.90 Å². The highest BCUT2D eigenvalue weighted by Crippen LogP contribution is 2.36. The number of rotatable bonds is 9. The monoisotopic (exact) mass is 523 g/mol. The van der Waals surface area contributed by atoms with Crippen LogP contribution in [0.5, 0.6) is 0 Å². The average Bonchev–Trinajstić information content (AvgIpc) is 3.33. The van der Waals surface area contributed by atoms with Crippen molar-refractivity contribution in [2.24, 2.45) is 9.98 Å². The van der Waals surface area contributed by atoms with Crippen molar-refractivity contribution in [2.45, 2.75) is 38.9 Å². The van der Waals surface area contributed by atoms with Gasteiger partial charge in [-0.2, -0.15) is 5.10 Å². The molecule has 2 aromatic carbocycles. The number of hydrogen-bond acceptors (Lipinski definition) is 6. The molecule has 0 spiro atoms. The molecule has 1 aromatic heterocycles. The maximum atomic E-state index is 12.0. The van der Waals surface area contributed by atoms with Gasteiger partial charge in [0, 0.05) is 48.1 Å². The summed E-state index contributed by atoms with van der Waals surface area (Å²) in [7, 11) is 1.70. The lowest BCUT2D eigenvalue weighted by Crippen LogP contribution is -2.31. The molecule has 200 valence electrons. The lowest BCUT2D eigenvalue weighted by atomic mass is 9.99. The molecule has 1 unspecified atom stereocenters. The van der Waals surface area contributed by atoms with Crippen LogP contribution in [0.1, 0.15) is 32.3 Å². The Morgan fingerprint density at radius 1 is 1.13 bits per heavy atom. The normalized spacial score (nSPS) is 18.8. The van der Waals surface area contributed by atoms with Crippen molar-refractivity contribution < 1.29 is 14.6 Å². The van der Waals surface area contributed by atoms with E-state index in [2.05, 4.69) is 10.3 Å². The lowest BCUT2D eigenvalue weighted by molar-refractivity contribution is -0.156. The number of nitrogens with zero attached hydrogens (tertiary/aromatic N) is 4. The Morgan fingerprint density at radius 3 is 2.46 bits per heavy atom. The molecule has 3 aromatic rings. The van der Waals surface area contributed by atoms with Crippen LogP contribution in [0.2, 0.25) is 0 Å². The number of aromatic nitrogens is 2. The van der Waals surface area contributed by atoms with E-state index in [4.69, 9.17) is 14.8 Å². The second-order valence-electron chi connectivity index (χ2n) is 9.04. The summed E-state index contributed by atoms with van der Waals surface area (Å²) in [5.41, 5.74) is 5.19. The van der Waals surface area contributed by atoms with E-state index in [1.165, 1.54) is 0 Å². The van der Waals surface area contributed by atoms with E-state index in [1.54, 1.807) is 30.4 Å². The summed E-state index contributed by atoms with van der Waals surface area (Å²) in [6.45, 7) is 3.91. The number of benzene rings is 2. The van der Waals surface area contributed by atoms with Gasteiger partial charge in [0.15, 0.2) is 5.82 Å². The highest BCUT2D eigenvalue weighted by atomic mass is 16.5. The van der Waals surface area contributed by atoms with E-state index < -0.39 is 18.2 Å². The molecule has 1 saturated heterocycles. The predicted molar refractivity (Wildman–Crippen MR) is 157 cm³/mol. The topological polar surface area (TPSA) is 101 Å². The molecule has 39 heavy (non-hydrogen) atoms. The van der Waals surface area contributed by atoms with Gasteiger partial charge in [0.05, 0.1) is 24.6 Å². The third kappa shape index (κ3) is 7.06. The molecule has 0 bridgehead atoms. The van der Waals surface area contributed by atoms with Crippen LogP contribution in [-0.4, -0.2) is 52.7 Å². The standard InChI is InChI=1S/C31H33N5O3/c1-4-22(2)33-21-34-28(17-18-32-3)36-31(24-13-9-6-10-14-24)27(30(35-36)23-11-7-5-8-12-23)16-15-26-19-25(37)20-29(38)39-26/h4-18,21,25-26,37H,19-20H2,1-3H3,(H,33,34)/b16-15+,22-4+,28-17+,32-18?/t25?,26-/m1/s1. The number of esters is 1. The number of aliphatic hydroxyl groups is 1. The van der Waals surface area contributed by atoms with Crippen LogP contribution in [0.15, 0.2) is 94.6 Å². The van der Waals surface area contributed by atoms with E-state index >= 15 is 0 Å². The van der Waals surface area contributed by atoms with Crippen molar-refractivity contribution in [3.8, 4) is 22.5 Å². The van der Waals surface area contributed by atoms with Gasteiger partial charge in [0.2, 0.25) is 0 Å². The molecule has 1 aliphatic heterocycles. The Bertz CT molecular complexity index is 1420. The van der Waals surface area contributed by atoms with E-state index in [0.717, 1.165) is 33.8 Å². The summed E-state index contributed by atoms with van der Waals surface area (Å²) < 4.78 is 7.28. The van der Waals surface area contributed by atoms with Crippen molar-refractivity contribution in [3.63, 3.8) is 0 Å². The number of nitrogens with one attached hydrogen (secondary N) is 1. The van der Waals surface area contributed by atoms with Crippen molar-refractivity contribution in [1.29, 1.82) is 0 Å². The van der Waals surface area contributed by atoms with Gasteiger partial charge in [-0.15, -0.1) is 0 Å². The minimum absolute atomic E-state index is 0.0126. The molecule has 2 atom stereocenters. The predicted octanol–water partition coefficient (Wildman–Crippen LogP) is 5.34. The zero-order valence-electron chi connectivity index (χ0n) is 22.4. The van der Waals surface area contributed by atoms with E-state index in [1.807, 2.05) is 92.7 Å². The highest BCUT2D eigenvalue weighted by molar-refractivity contribution is 5.88. The van der Waals surface area contributed by atoms with Crippen LogP contribution in [-0.2, 0) is 9.53 Å². The number of cyclic esters (lactones) is 1. The van der Waals surface area contributed by atoms with Crippen LogP contribution < -0.4 is 5.32 Å². The molecule has 4 rings (SSSR count). The van der Waals surface area contributed by atoms with Crippen LogP contribution in [0.4, 0.5) is 0 Å². The fourth-order valence-corrected chi connectivity index (χ4v) is 4.16. The molecule has 1 aliphatic rings. The smallest absolute Gasteiger partial charge is 0.309 e. The molecule has 2 N–H and O–H groups in total. The number of ether oxygens (including phenoxy) is 1. The Morgan fingerprint density at radius 2 is 1.82 bits per heavy atom. The molecule has 8 heteroatoms. The van der Waals surface area contributed by atoms with Gasteiger partial charge in [-0.3, -0.25) is 9.79 Å². The lowest BCUT2D eigenvalue weighted by Gasteiger charge is -2.23. The minimum atomic E-state index is -0.726. The Labute approximate surface area is 228 Å².